The Morgan fingerprint density at radius 1 is 1.08 bits per heavy atom. The number of esters is 1. The monoisotopic (exact) mass is 528 g/mol. The van der Waals surface area contributed by atoms with Crippen molar-refractivity contribution in [2.75, 3.05) is 19.8 Å². The second-order valence-electron chi connectivity index (χ2n) is 10.3. The van der Waals surface area contributed by atoms with E-state index in [2.05, 4.69) is 39.5 Å². The molecule has 0 aliphatic carbocycles. The van der Waals surface area contributed by atoms with Gasteiger partial charge in [-0.05, 0) is 55.0 Å². The first kappa shape index (κ1) is 28.0. The first-order valence-corrected chi connectivity index (χ1v) is 13.3. The molecule has 3 aromatic heterocycles. The van der Waals surface area contributed by atoms with Gasteiger partial charge < -0.3 is 14.0 Å². The maximum absolute atomic E-state index is 13.5. The number of benzene rings is 1. The fourth-order valence-electron chi connectivity index (χ4n) is 4.39. The van der Waals surface area contributed by atoms with Crippen LogP contribution in [0.5, 0.6) is 0 Å². The van der Waals surface area contributed by atoms with Gasteiger partial charge >= 0.3 is 5.97 Å². The van der Waals surface area contributed by atoms with E-state index in [9.17, 15) is 9.59 Å². The second kappa shape index (κ2) is 11.8. The molecule has 0 aliphatic rings. The quantitative estimate of drug-likeness (QED) is 0.171. The Morgan fingerprint density at radius 3 is 2.49 bits per heavy atom. The highest BCUT2D eigenvalue weighted by Crippen LogP contribution is 2.24. The molecule has 8 heteroatoms. The molecule has 0 unspecified atom stereocenters. The summed E-state index contributed by atoms with van der Waals surface area (Å²) in [5.41, 5.74) is 3.70. The molecule has 0 bridgehead atoms. The SMILES string of the molecule is C=C(N=c1c(C(=O)OCC)cc2c(=O)n3ccccc3nc2n1CCCOCC)c1ccc(C(C)(C)C)cc1. The molecule has 0 amide bonds. The highest BCUT2D eigenvalue weighted by atomic mass is 16.5. The molecular weight excluding hydrogens is 492 g/mol. The molecule has 204 valence electrons. The van der Waals surface area contributed by atoms with Gasteiger partial charge in [-0.1, -0.05) is 57.7 Å². The Labute approximate surface area is 228 Å². The Hall–Kier alpha value is -4.04. The number of aromatic nitrogens is 3. The highest BCUT2D eigenvalue weighted by molar-refractivity contribution is 5.93. The standard InChI is InChI=1S/C31H36N4O4/c1-7-38-19-11-18-35-27-24(29(36)34-17-10-9-12-26(34)33-27)20-25(30(37)39-8-2)28(35)32-21(3)22-13-15-23(16-14-22)31(4,5)6/h9-10,12-17,20H,3,7-8,11,18-19H2,1-2,4-6H3. The van der Waals surface area contributed by atoms with E-state index in [-0.39, 0.29) is 23.1 Å². The first-order valence-electron chi connectivity index (χ1n) is 13.3. The van der Waals surface area contributed by atoms with E-state index >= 15 is 0 Å². The van der Waals surface area contributed by atoms with Crippen LogP contribution < -0.4 is 11.0 Å². The van der Waals surface area contributed by atoms with Crippen molar-refractivity contribution < 1.29 is 14.3 Å². The minimum Gasteiger partial charge on any atom is -0.462 e. The molecule has 0 spiro atoms. The number of carbonyl (C=O) groups excluding carboxylic acids is 1. The number of aryl methyl sites for hydroxylation is 1. The normalized spacial score (nSPS) is 12.3. The topological polar surface area (TPSA) is 87.2 Å². The number of ether oxygens (including phenoxy) is 2. The Morgan fingerprint density at radius 2 is 1.82 bits per heavy atom. The average Bonchev–Trinajstić information content (AvgIpc) is 2.91. The molecular formula is C31H36N4O4. The van der Waals surface area contributed by atoms with Gasteiger partial charge in [-0.25, -0.2) is 14.8 Å². The summed E-state index contributed by atoms with van der Waals surface area (Å²) in [6.07, 6.45) is 2.29. The summed E-state index contributed by atoms with van der Waals surface area (Å²) in [5.74, 6) is -0.565. The number of pyridine rings is 2. The van der Waals surface area contributed by atoms with Crippen LogP contribution in [0.4, 0.5) is 0 Å². The summed E-state index contributed by atoms with van der Waals surface area (Å²) >= 11 is 0. The van der Waals surface area contributed by atoms with Crippen LogP contribution in [0.3, 0.4) is 0 Å². The van der Waals surface area contributed by atoms with Crippen molar-refractivity contribution in [1.29, 1.82) is 0 Å². The fraction of sp³-hybridized carbons (Fsp3) is 0.355. The van der Waals surface area contributed by atoms with Crippen molar-refractivity contribution in [3.8, 4) is 0 Å². The van der Waals surface area contributed by atoms with Gasteiger partial charge in [-0.15, -0.1) is 0 Å². The summed E-state index contributed by atoms with van der Waals surface area (Å²) in [7, 11) is 0. The number of hydrogen-bond donors (Lipinski definition) is 0. The molecule has 0 fully saturated rings. The lowest BCUT2D eigenvalue weighted by Gasteiger charge is -2.19. The van der Waals surface area contributed by atoms with Crippen molar-refractivity contribution in [1.82, 2.24) is 14.0 Å². The minimum absolute atomic E-state index is 0.0124. The third kappa shape index (κ3) is 6.01. The van der Waals surface area contributed by atoms with E-state index in [4.69, 9.17) is 19.5 Å². The molecule has 8 nitrogen and oxygen atoms in total. The van der Waals surface area contributed by atoms with E-state index < -0.39 is 5.97 Å². The molecule has 0 atom stereocenters. The zero-order valence-electron chi connectivity index (χ0n) is 23.4. The number of hydrogen-bond acceptors (Lipinski definition) is 6. The smallest absolute Gasteiger partial charge is 0.341 e. The van der Waals surface area contributed by atoms with Gasteiger partial charge in [0.1, 0.15) is 22.3 Å². The Kier molecular flexibility index (Phi) is 8.45. The average molecular weight is 529 g/mol. The Balaban J connectivity index is 2.00. The van der Waals surface area contributed by atoms with Crippen LogP contribution in [0.2, 0.25) is 0 Å². The molecule has 0 radical (unpaired) electrons. The largest absolute Gasteiger partial charge is 0.462 e. The molecule has 39 heavy (non-hydrogen) atoms. The minimum atomic E-state index is -0.565. The highest BCUT2D eigenvalue weighted by Gasteiger charge is 2.20. The van der Waals surface area contributed by atoms with E-state index in [0.717, 1.165) is 5.56 Å². The van der Waals surface area contributed by atoms with Gasteiger partial charge in [0.05, 0.1) is 17.7 Å². The molecule has 3 heterocycles. The van der Waals surface area contributed by atoms with E-state index in [1.807, 2.05) is 29.7 Å². The second-order valence-corrected chi connectivity index (χ2v) is 10.3. The predicted molar refractivity (Wildman–Crippen MR) is 154 cm³/mol. The van der Waals surface area contributed by atoms with E-state index in [1.165, 1.54) is 16.0 Å². The molecule has 1 aromatic carbocycles. The third-order valence-corrected chi connectivity index (χ3v) is 6.48. The maximum Gasteiger partial charge on any atom is 0.341 e. The van der Waals surface area contributed by atoms with Gasteiger partial charge in [0.15, 0.2) is 0 Å². The first-order chi connectivity index (χ1) is 18.7. The number of fused-ring (bicyclic) bond motifs is 2. The van der Waals surface area contributed by atoms with Crippen LogP contribution in [0.1, 0.15) is 62.5 Å². The van der Waals surface area contributed by atoms with Crippen LogP contribution in [-0.4, -0.2) is 39.7 Å². The van der Waals surface area contributed by atoms with Crippen LogP contribution in [0.25, 0.3) is 22.4 Å². The van der Waals surface area contributed by atoms with Crippen LogP contribution >= 0.6 is 0 Å². The molecule has 4 rings (SSSR count). The van der Waals surface area contributed by atoms with Gasteiger partial charge in [-0.3, -0.25) is 9.20 Å². The van der Waals surface area contributed by atoms with Crippen molar-refractivity contribution in [3.05, 3.63) is 93.8 Å². The van der Waals surface area contributed by atoms with E-state index in [1.54, 1.807) is 25.3 Å². The van der Waals surface area contributed by atoms with Crippen molar-refractivity contribution >= 4 is 28.3 Å². The fourth-order valence-corrected chi connectivity index (χ4v) is 4.39. The molecule has 0 saturated heterocycles. The van der Waals surface area contributed by atoms with Crippen molar-refractivity contribution in [3.63, 3.8) is 0 Å². The summed E-state index contributed by atoms with van der Waals surface area (Å²) < 4.78 is 14.2. The lowest BCUT2D eigenvalue weighted by molar-refractivity contribution is 0.0523. The van der Waals surface area contributed by atoms with E-state index in [0.29, 0.717) is 54.0 Å². The summed E-state index contributed by atoms with van der Waals surface area (Å²) in [6.45, 7) is 16.1. The van der Waals surface area contributed by atoms with Gasteiger partial charge in [0.25, 0.3) is 5.56 Å². The van der Waals surface area contributed by atoms with Crippen LogP contribution in [0, 0.1) is 0 Å². The summed E-state index contributed by atoms with van der Waals surface area (Å²) in [4.78, 5) is 36.4. The lowest BCUT2D eigenvalue weighted by atomic mass is 9.86. The van der Waals surface area contributed by atoms with Gasteiger partial charge in [0, 0.05) is 26.0 Å². The number of nitrogens with zero attached hydrogens (tertiary/aromatic N) is 4. The van der Waals surface area contributed by atoms with Crippen LogP contribution in [0.15, 0.2) is 71.1 Å². The number of carbonyl (C=O) groups is 1. The molecule has 0 N–H and O–H groups in total. The zero-order valence-corrected chi connectivity index (χ0v) is 23.4. The van der Waals surface area contributed by atoms with Crippen molar-refractivity contribution in [2.45, 2.75) is 53.0 Å². The Bertz CT molecular complexity index is 1640. The van der Waals surface area contributed by atoms with Gasteiger partial charge in [0.2, 0.25) is 0 Å². The zero-order chi connectivity index (χ0) is 28.2. The molecule has 0 saturated carbocycles. The van der Waals surface area contributed by atoms with Crippen molar-refractivity contribution in [2.24, 2.45) is 4.99 Å². The maximum atomic E-state index is 13.5. The third-order valence-electron chi connectivity index (χ3n) is 6.48. The summed E-state index contributed by atoms with van der Waals surface area (Å²) in [5, 5.41) is 0.303. The van der Waals surface area contributed by atoms with Crippen LogP contribution in [-0.2, 0) is 21.4 Å². The predicted octanol–water partition coefficient (Wildman–Crippen LogP) is 5.12. The molecule has 0 aliphatic heterocycles. The molecule has 4 aromatic rings. The number of rotatable bonds is 9. The van der Waals surface area contributed by atoms with Gasteiger partial charge in [-0.2, -0.15) is 0 Å². The summed E-state index contributed by atoms with van der Waals surface area (Å²) in [6, 6.07) is 15.0. The lowest BCUT2D eigenvalue weighted by Crippen LogP contribution is -2.32.